The van der Waals surface area contributed by atoms with Crippen molar-refractivity contribution in [2.45, 2.75) is 13.5 Å². The van der Waals surface area contributed by atoms with Crippen LogP contribution >= 0.6 is 0 Å². The number of nitrogens with one attached hydrogen (secondary N) is 1. The number of nitrogens with zero attached hydrogens (tertiary/aromatic N) is 2. The molecule has 3 rings (SSSR count). The molecule has 0 unspecified atom stereocenters. The molecule has 0 aliphatic carbocycles. The van der Waals surface area contributed by atoms with Gasteiger partial charge in [0.2, 0.25) is 0 Å². The molecule has 0 spiro atoms. The van der Waals surface area contributed by atoms with Gasteiger partial charge in [-0.15, -0.1) is 0 Å². The zero-order valence-corrected chi connectivity index (χ0v) is 13.8. The lowest BCUT2D eigenvalue weighted by molar-refractivity contribution is 0.303. The zero-order chi connectivity index (χ0) is 16.8. The monoisotopic (exact) mass is 319 g/mol. The van der Waals surface area contributed by atoms with Crippen molar-refractivity contribution in [3.8, 4) is 0 Å². The fourth-order valence-electron chi connectivity index (χ4n) is 2.63. The van der Waals surface area contributed by atoms with Crippen LogP contribution in [-0.4, -0.2) is 28.0 Å². The summed E-state index contributed by atoms with van der Waals surface area (Å²) in [6, 6.07) is 17.7. The Hall–Kier alpha value is -2.72. The number of aromatic amines is 1. The van der Waals surface area contributed by atoms with Crippen molar-refractivity contribution in [2.24, 2.45) is 0 Å². The SMILES string of the molecule is CCN(C/C=C/c1ccccc1)Cc1nc2ccccc2c(=O)[nH]1. The number of likely N-dealkylation sites (N-methyl/N-ethyl adjacent to an activating group) is 1. The van der Waals surface area contributed by atoms with Crippen molar-refractivity contribution in [3.63, 3.8) is 0 Å². The number of fused-ring (bicyclic) bond motifs is 1. The van der Waals surface area contributed by atoms with E-state index in [1.54, 1.807) is 6.07 Å². The molecule has 0 saturated carbocycles. The summed E-state index contributed by atoms with van der Waals surface area (Å²) < 4.78 is 0. The molecule has 122 valence electrons. The van der Waals surface area contributed by atoms with Crippen LogP contribution in [0.3, 0.4) is 0 Å². The summed E-state index contributed by atoms with van der Waals surface area (Å²) >= 11 is 0. The first kappa shape index (κ1) is 16.1. The largest absolute Gasteiger partial charge is 0.309 e. The Kier molecular flexibility index (Phi) is 5.18. The average Bonchev–Trinajstić information content (AvgIpc) is 2.62. The van der Waals surface area contributed by atoms with Gasteiger partial charge in [0.25, 0.3) is 5.56 Å². The second-order valence-electron chi connectivity index (χ2n) is 5.67. The number of aromatic nitrogens is 2. The highest BCUT2D eigenvalue weighted by Gasteiger charge is 2.07. The summed E-state index contributed by atoms with van der Waals surface area (Å²) in [5.41, 5.74) is 1.85. The summed E-state index contributed by atoms with van der Waals surface area (Å²) in [5.74, 6) is 0.702. The summed E-state index contributed by atoms with van der Waals surface area (Å²) in [7, 11) is 0. The molecule has 2 aromatic carbocycles. The molecule has 1 heterocycles. The topological polar surface area (TPSA) is 49.0 Å². The Bertz CT molecular complexity index is 884. The van der Waals surface area contributed by atoms with Crippen LogP contribution in [-0.2, 0) is 6.54 Å². The fraction of sp³-hybridized carbons (Fsp3) is 0.200. The van der Waals surface area contributed by atoms with Crippen LogP contribution in [0.1, 0.15) is 18.3 Å². The van der Waals surface area contributed by atoms with Crippen molar-refractivity contribution < 1.29 is 0 Å². The third-order valence-corrected chi connectivity index (χ3v) is 3.96. The van der Waals surface area contributed by atoms with Crippen molar-refractivity contribution in [1.82, 2.24) is 14.9 Å². The van der Waals surface area contributed by atoms with Crippen molar-refractivity contribution in [3.05, 3.63) is 82.4 Å². The maximum absolute atomic E-state index is 12.1. The Morgan fingerprint density at radius 3 is 2.62 bits per heavy atom. The van der Waals surface area contributed by atoms with Gasteiger partial charge in [-0.2, -0.15) is 0 Å². The van der Waals surface area contributed by atoms with Crippen LogP contribution in [0, 0.1) is 0 Å². The number of rotatable bonds is 6. The molecule has 0 bridgehead atoms. The van der Waals surface area contributed by atoms with E-state index in [9.17, 15) is 4.79 Å². The van der Waals surface area contributed by atoms with Crippen LogP contribution < -0.4 is 5.56 Å². The molecule has 0 saturated heterocycles. The first-order valence-electron chi connectivity index (χ1n) is 8.18. The normalized spacial score (nSPS) is 11.6. The van der Waals surface area contributed by atoms with Crippen molar-refractivity contribution in [1.29, 1.82) is 0 Å². The zero-order valence-electron chi connectivity index (χ0n) is 13.8. The summed E-state index contributed by atoms with van der Waals surface area (Å²) in [5, 5.41) is 0.633. The smallest absolute Gasteiger partial charge is 0.258 e. The highest BCUT2D eigenvalue weighted by atomic mass is 16.1. The van der Waals surface area contributed by atoms with E-state index >= 15 is 0 Å². The highest BCUT2D eigenvalue weighted by Crippen LogP contribution is 2.07. The molecule has 0 radical (unpaired) electrons. The number of benzene rings is 2. The minimum Gasteiger partial charge on any atom is -0.309 e. The molecule has 3 aromatic rings. The summed E-state index contributed by atoms with van der Waals surface area (Å²) in [4.78, 5) is 21.8. The first-order valence-corrected chi connectivity index (χ1v) is 8.18. The molecule has 4 nitrogen and oxygen atoms in total. The van der Waals surface area contributed by atoms with Crippen LogP contribution in [0.4, 0.5) is 0 Å². The molecular weight excluding hydrogens is 298 g/mol. The average molecular weight is 319 g/mol. The van der Waals surface area contributed by atoms with E-state index in [0.717, 1.165) is 18.6 Å². The van der Waals surface area contributed by atoms with Gasteiger partial charge in [0, 0.05) is 6.54 Å². The molecule has 0 aliphatic rings. The Morgan fingerprint density at radius 2 is 1.83 bits per heavy atom. The van der Waals surface area contributed by atoms with E-state index in [-0.39, 0.29) is 5.56 Å². The Morgan fingerprint density at radius 1 is 1.08 bits per heavy atom. The van der Waals surface area contributed by atoms with E-state index < -0.39 is 0 Å². The molecule has 0 atom stereocenters. The Balaban J connectivity index is 1.71. The fourth-order valence-corrected chi connectivity index (χ4v) is 2.63. The van der Waals surface area contributed by atoms with E-state index in [2.05, 4.69) is 46.1 Å². The molecular formula is C20H21N3O. The lowest BCUT2D eigenvalue weighted by Gasteiger charge is -2.17. The van der Waals surface area contributed by atoms with Gasteiger partial charge in [0.05, 0.1) is 17.4 Å². The van der Waals surface area contributed by atoms with Crippen LogP contribution in [0.2, 0.25) is 0 Å². The van der Waals surface area contributed by atoms with Gasteiger partial charge in [0.1, 0.15) is 5.82 Å². The van der Waals surface area contributed by atoms with Crippen LogP contribution in [0.15, 0.2) is 65.5 Å². The van der Waals surface area contributed by atoms with E-state index in [0.29, 0.717) is 17.8 Å². The number of H-pyrrole nitrogens is 1. The molecule has 24 heavy (non-hydrogen) atoms. The predicted molar refractivity (Wildman–Crippen MR) is 98.8 cm³/mol. The highest BCUT2D eigenvalue weighted by molar-refractivity contribution is 5.77. The van der Waals surface area contributed by atoms with Gasteiger partial charge < -0.3 is 4.98 Å². The van der Waals surface area contributed by atoms with Gasteiger partial charge in [-0.3, -0.25) is 9.69 Å². The standard InChI is InChI=1S/C20H21N3O/c1-2-23(14-8-11-16-9-4-3-5-10-16)15-19-21-18-13-7-6-12-17(18)20(24)22-19/h3-13H,2,14-15H2,1H3,(H,21,22,24)/b11-8+. The van der Waals surface area contributed by atoms with Gasteiger partial charge in [0.15, 0.2) is 0 Å². The number of hydrogen-bond acceptors (Lipinski definition) is 3. The molecule has 0 fully saturated rings. The van der Waals surface area contributed by atoms with E-state index in [1.807, 2.05) is 36.4 Å². The van der Waals surface area contributed by atoms with Gasteiger partial charge in [-0.25, -0.2) is 4.98 Å². The summed E-state index contributed by atoms with van der Waals surface area (Å²) in [6.45, 7) is 4.42. The van der Waals surface area contributed by atoms with Gasteiger partial charge in [-0.1, -0.05) is 61.5 Å². The molecule has 1 N–H and O–H groups in total. The van der Waals surface area contributed by atoms with Gasteiger partial charge in [-0.05, 0) is 24.2 Å². The maximum atomic E-state index is 12.1. The lowest BCUT2D eigenvalue weighted by atomic mass is 10.2. The van der Waals surface area contributed by atoms with Crippen molar-refractivity contribution in [2.75, 3.05) is 13.1 Å². The predicted octanol–water partition coefficient (Wildman–Crippen LogP) is 3.46. The molecule has 0 aliphatic heterocycles. The molecule has 4 heteroatoms. The number of para-hydroxylation sites is 1. The molecule has 0 amide bonds. The van der Waals surface area contributed by atoms with E-state index in [4.69, 9.17) is 0 Å². The summed E-state index contributed by atoms with van der Waals surface area (Å²) in [6.07, 6.45) is 4.25. The lowest BCUT2D eigenvalue weighted by Crippen LogP contribution is -2.25. The molecule has 1 aromatic heterocycles. The van der Waals surface area contributed by atoms with E-state index in [1.165, 1.54) is 5.56 Å². The van der Waals surface area contributed by atoms with Crippen LogP contribution in [0.5, 0.6) is 0 Å². The number of hydrogen-bond donors (Lipinski definition) is 1. The van der Waals surface area contributed by atoms with Gasteiger partial charge >= 0.3 is 0 Å². The third-order valence-electron chi connectivity index (χ3n) is 3.96. The first-order chi connectivity index (χ1) is 11.8. The Labute approximate surface area is 141 Å². The quantitative estimate of drug-likeness (QED) is 0.757. The second-order valence-corrected chi connectivity index (χ2v) is 5.67. The van der Waals surface area contributed by atoms with Crippen LogP contribution in [0.25, 0.3) is 17.0 Å². The third kappa shape index (κ3) is 3.97. The minimum atomic E-state index is -0.0773. The van der Waals surface area contributed by atoms with Crippen molar-refractivity contribution >= 4 is 17.0 Å². The second kappa shape index (κ2) is 7.70. The maximum Gasteiger partial charge on any atom is 0.258 e. The minimum absolute atomic E-state index is 0.0773.